The van der Waals surface area contributed by atoms with E-state index < -0.39 is 11.7 Å². The van der Waals surface area contributed by atoms with Gasteiger partial charge in [0.2, 0.25) is 0 Å². The summed E-state index contributed by atoms with van der Waals surface area (Å²) in [5, 5.41) is 2.64. The van der Waals surface area contributed by atoms with Crippen LogP contribution < -0.4 is 10.1 Å². The molecule has 0 heterocycles. The van der Waals surface area contributed by atoms with Crippen LogP contribution in [0.5, 0.6) is 5.75 Å². The third-order valence-electron chi connectivity index (χ3n) is 3.15. The van der Waals surface area contributed by atoms with E-state index in [1.54, 1.807) is 6.07 Å². The molecule has 0 saturated heterocycles. The Bertz CT molecular complexity index is 688. The van der Waals surface area contributed by atoms with Gasteiger partial charge in [0, 0.05) is 4.47 Å². The van der Waals surface area contributed by atoms with Crippen molar-refractivity contribution in [1.82, 2.24) is 5.32 Å². The Hall–Kier alpha value is -1.88. The number of hydrogen-bond donors (Lipinski definition) is 1. The molecule has 0 aliphatic carbocycles. The van der Waals surface area contributed by atoms with Crippen LogP contribution in [0, 0.1) is 19.7 Å². The van der Waals surface area contributed by atoms with Gasteiger partial charge in [-0.1, -0.05) is 33.6 Å². The van der Waals surface area contributed by atoms with Crippen molar-refractivity contribution in [2.75, 3.05) is 13.2 Å². The predicted octanol–water partition coefficient (Wildman–Crippen LogP) is 4.01. The Kier molecular flexibility index (Phi) is 5.55. The summed E-state index contributed by atoms with van der Waals surface area (Å²) >= 11 is 3.22. The number of halogens is 2. The largest absolute Gasteiger partial charge is 0.491 e. The number of hydrogen-bond acceptors (Lipinski definition) is 2. The van der Waals surface area contributed by atoms with Crippen LogP contribution >= 0.6 is 15.9 Å². The standard InChI is InChI=1S/C17H17BrFNO2/c1-11-3-6-16(12(2)9-11)22-8-7-20-17(21)14-10-13(18)4-5-15(14)19/h3-6,9-10H,7-8H2,1-2H3,(H,20,21). The van der Waals surface area contributed by atoms with E-state index in [0.717, 1.165) is 11.3 Å². The zero-order valence-electron chi connectivity index (χ0n) is 12.5. The summed E-state index contributed by atoms with van der Waals surface area (Å²) in [6.07, 6.45) is 0. The van der Waals surface area contributed by atoms with E-state index in [2.05, 4.69) is 21.2 Å². The van der Waals surface area contributed by atoms with Gasteiger partial charge in [0.15, 0.2) is 0 Å². The lowest BCUT2D eigenvalue weighted by molar-refractivity contribution is 0.0943. The van der Waals surface area contributed by atoms with Crippen molar-refractivity contribution in [2.24, 2.45) is 0 Å². The first kappa shape index (κ1) is 16.5. The van der Waals surface area contributed by atoms with Gasteiger partial charge in [-0.15, -0.1) is 0 Å². The number of rotatable bonds is 5. The van der Waals surface area contributed by atoms with Gasteiger partial charge in [0.05, 0.1) is 12.1 Å². The number of aryl methyl sites for hydroxylation is 2. The van der Waals surface area contributed by atoms with Gasteiger partial charge >= 0.3 is 0 Å². The van der Waals surface area contributed by atoms with Crippen LogP contribution in [-0.4, -0.2) is 19.1 Å². The summed E-state index contributed by atoms with van der Waals surface area (Å²) in [6.45, 7) is 4.62. The van der Waals surface area contributed by atoms with Crippen molar-refractivity contribution >= 4 is 21.8 Å². The van der Waals surface area contributed by atoms with Crippen molar-refractivity contribution in [3.05, 3.63) is 63.4 Å². The number of carbonyl (C=O) groups is 1. The average Bonchev–Trinajstić information content (AvgIpc) is 2.47. The van der Waals surface area contributed by atoms with Gasteiger partial charge < -0.3 is 10.1 Å². The third kappa shape index (κ3) is 4.31. The smallest absolute Gasteiger partial charge is 0.254 e. The number of nitrogens with one attached hydrogen (secondary N) is 1. The first-order valence-corrected chi connectivity index (χ1v) is 7.70. The number of amides is 1. The fourth-order valence-corrected chi connectivity index (χ4v) is 2.41. The molecular weight excluding hydrogens is 349 g/mol. The molecule has 5 heteroatoms. The van der Waals surface area contributed by atoms with Crippen LogP contribution in [0.1, 0.15) is 21.5 Å². The second kappa shape index (κ2) is 7.40. The molecule has 116 valence electrons. The fourth-order valence-electron chi connectivity index (χ4n) is 2.05. The van der Waals surface area contributed by atoms with E-state index in [0.29, 0.717) is 17.6 Å². The molecule has 22 heavy (non-hydrogen) atoms. The summed E-state index contributed by atoms with van der Waals surface area (Å²) in [6, 6.07) is 10.2. The van der Waals surface area contributed by atoms with Gasteiger partial charge in [0.25, 0.3) is 5.91 Å². The average molecular weight is 366 g/mol. The Morgan fingerprint density at radius 3 is 2.73 bits per heavy atom. The van der Waals surface area contributed by atoms with Crippen molar-refractivity contribution < 1.29 is 13.9 Å². The van der Waals surface area contributed by atoms with E-state index in [1.807, 2.05) is 32.0 Å². The molecule has 0 radical (unpaired) electrons. The lowest BCUT2D eigenvalue weighted by atomic mass is 10.1. The predicted molar refractivity (Wildman–Crippen MR) is 87.8 cm³/mol. The molecule has 1 amide bonds. The van der Waals surface area contributed by atoms with Crippen molar-refractivity contribution in [2.45, 2.75) is 13.8 Å². The molecule has 0 fully saturated rings. The van der Waals surface area contributed by atoms with Crippen LogP contribution in [0.4, 0.5) is 4.39 Å². The summed E-state index contributed by atoms with van der Waals surface area (Å²) in [7, 11) is 0. The highest BCUT2D eigenvalue weighted by Gasteiger charge is 2.11. The Balaban J connectivity index is 1.86. The number of carbonyl (C=O) groups excluding carboxylic acids is 1. The van der Waals surface area contributed by atoms with Gasteiger partial charge in [-0.05, 0) is 43.7 Å². The summed E-state index contributed by atoms with van der Waals surface area (Å²) < 4.78 is 19.8. The molecule has 0 aliphatic rings. The molecule has 0 spiro atoms. The molecule has 0 saturated carbocycles. The molecule has 0 aromatic heterocycles. The fraction of sp³-hybridized carbons (Fsp3) is 0.235. The zero-order valence-corrected chi connectivity index (χ0v) is 14.0. The highest BCUT2D eigenvalue weighted by atomic mass is 79.9. The van der Waals surface area contributed by atoms with E-state index in [4.69, 9.17) is 4.74 Å². The summed E-state index contributed by atoms with van der Waals surface area (Å²) in [4.78, 5) is 11.9. The van der Waals surface area contributed by atoms with Gasteiger partial charge in [-0.2, -0.15) is 0 Å². The second-order valence-corrected chi connectivity index (χ2v) is 5.91. The third-order valence-corrected chi connectivity index (χ3v) is 3.64. The van der Waals surface area contributed by atoms with Crippen molar-refractivity contribution in [3.8, 4) is 5.75 Å². The molecule has 0 bridgehead atoms. The van der Waals surface area contributed by atoms with E-state index in [9.17, 15) is 9.18 Å². The monoisotopic (exact) mass is 365 g/mol. The molecule has 3 nitrogen and oxygen atoms in total. The molecule has 0 unspecified atom stereocenters. The minimum atomic E-state index is -0.545. The number of benzene rings is 2. The second-order valence-electron chi connectivity index (χ2n) is 5.00. The first-order chi connectivity index (χ1) is 10.5. The topological polar surface area (TPSA) is 38.3 Å². The maximum atomic E-state index is 13.6. The quantitative estimate of drug-likeness (QED) is 0.812. The molecule has 2 aromatic carbocycles. The number of ether oxygens (including phenoxy) is 1. The van der Waals surface area contributed by atoms with Crippen LogP contribution in [-0.2, 0) is 0 Å². The first-order valence-electron chi connectivity index (χ1n) is 6.90. The normalized spacial score (nSPS) is 10.4. The molecule has 0 atom stereocenters. The van der Waals surface area contributed by atoms with E-state index >= 15 is 0 Å². The minimum Gasteiger partial charge on any atom is -0.491 e. The van der Waals surface area contributed by atoms with Gasteiger partial charge in [-0.25, -0.2) is 4.39 Å². The molecule has 0 aliphatic heterocycles. The van der Waals surface area contributed by atoms with Crippen LogP contribution in [0.15, 0.2) is 40.9 Å². The maximum Gasteiger partial charge on any atom is 0.254 e. The highest BCUT2D eigenvalue weighted by molar-refractivity contribution is 9.10. The molecular formula is C17H17BrFNO2. The van der Waals surface area contributed by atoms with Crippen molar-refractivity contribution in [3.63, 3.8) is 0 Å². The van der Waals surface area contributed by atoms with Gasteiger partial charge in [-0.3, -0.25) is 4.79 Å². The molecule has 2 aromatic rings. The highest BCUT2D eigenvalue weighted by Crippen LogP contribution is 2.18. The molecule has 1 N–H and O–H groups in total. The van der Waals surface area contributed by atoms with E-state index in [1.165, 1.54) is 17.7 Å². The van der Waals surface area contributed by atoms with Crippen LogP contribution in [0.3, 0.4) is 0 Å². The van der Waals surface area contributed by atoms with Crippen LogP contribution in [0.2, 0.25) is 0 Å². The maximum absolute atomic E-state index is 13.6. The van der Waals surface area contributed by atoms with Gasteiger partial charge in [0.1, 0.15) is 18.2 Å². The lowest BCUT2D eigenvalue weighted by Gasteiger charge is -2.11. The van der Waals surface area contributed by atoms with Crippen molar-refractivity contribution in [1.29, 1.82) is 0 Å². The minimum absolute atomic E-state index is 0.0147. The Labute approximate surface area is 137 Å². The molecule has 2 rings (SSSR count). The SMILES string of the molecule is Cc1ccc(OCCNC(=O)c2cc(Br)ccc2F)c(C)c1. The lowest BCUT2D eigenvalue weighted by Crippen LogP contribution is -2.28. The van der Waals surface area contributed by atoms with E-state index in [-0.39, 0.29) is 5.56 Å². The Morgan fingerprint density at radius 2 is 2.00 bits per heavy atom. The van der Waals surface area contributed by atoms with Crippen LogP contribution in [0.25, 0.3) is 0 Å². The summed E-state index contributed by atoms with van der Waals surface area (Å²) in [5.74, 6) is -0.215. The summed E-state index contributed by atoms with van der Waals surface area (Å²) in [5.41, 5.74) is 2.23. The zero-order chi connectivity index (χ0) is 16.1. The Morgan fingerprint density at radius 1 is 1.23 bits per heavy atom.